The summed E-state index contributed by atoms with van der Waals surface area (Å²) in [6.07, 6.45) is 6.61. The number of benzene rings is 4. The second-order valence-electron chi connectivity index (χ2n) is 12.1. The molecule has 1 aliphatic rings. The van der Waals surface area contributed by atoms with Crippen LogP contribution in [0.3, 0.4) is 0 Å². The summed E-state index contributed by atoms with van der Waals surface area (Å²) in [6, 6.07) is 48.1. The van der Waals surface area contributed by atoms with E-state index >= 15 is 0 Å². The van der Waals surface area contributed by atoms with Gasteiger partial charge in [-0.1, -0.05) is 54.6 Å². The summed E-state index contributed by atoms with van der Waals surface area (Å²) in [7, 11) is 0. The molecule has 7 nitrogen and oxygen atoms in total. The van der Waals surface area contributed by atoms with Gasteiger partial charge >= 0.3 is 0 Å². The Labute approximate surface area is 309 Å². The largest absolute Gasteiger partial charge is 0.507 e. The average Bonchev–Trinajstić information content (AvgIpc) is 3.49. The van der Waals surface area contributed by atoms with Gasteiger partial charge in [-0.05, 0) is 82.9 Å². The van der Waals surface area contributed by atoms with Gasteiger partial charge < -0.3 is 5.11 Å². The first-order valence-electron chi connectivity index (χ1n) is 16.2. The molecule has 0 radical (unpaired) electrons. The van der Waals surface area contributed by atoms with Crippen LogP contribution in [-0.2, 0) is 26.5 Å². The number of para-hydroxylation sites is 1. The summed E-state index contributed by atoms with van der Waals surface area (Å²) in [5, 5.41) is 10.9. The number of fused-ring (bicyclic) bond motifs is 3. The molecule has 0 atom stereocenters. The molecule has 1 N–H and O–H groups in total. The zero-order valence-electron chi connectivity index (χ0n) is 27.0. The SMILES string of the molecule is Oc1ccccc1-c1cccc(C2(c3[c-]c(-c4ncncn4)ccc3)c3cc(-c4ccccn4)ccc3-c3ccc(-c4ccccn4)cc32)n1.[Pt]. The fourth-order valence-electron chi connectivity index (χ4n) is 7.09. The number of phenolic OH excluding ortho intramolecular Hbond substituents is 1. The van der Waals surface area contributed by atoms with Crippen LogP contribution in [0.25, 0.3) is 56.3 Å². The van der Waals surface area contributed by atoms with Crippen LogP contribution in [0.5, 0.6) is 5.75 Å². The van der Waals surface area contributed by atoms with Gasteiger partial charge in [-0.25, -0.2) is 4.98 Å². The number of hydrogen-bond acceptors (Lipinski definition) is 7. The van der Waals surface area contributed by atoms with Crippen molar-refractivity contribution in [2.75, 3.05) is 0 Å². The third-order valence-corrected chi connectivity index (χ3v) is 9.31. The van der Waals surface area contributed by atoms with Crippen LogP contribution < -0.4 is 0 Å². The maximum absolute atomic E-state index is 10.9. The van der Waals surface area contributed by atoms with Crippen LogP contribution in [0, 0.1) is 6.07 Å². The second-order valence-corrected chi connectivity index (χ2v) is 12.1. The Bertz CT molecular complexity index is 2420. The van der Waals surface area contributed by atoms with Gasteiger partial charge in [0.05, 0.1) is 34.0 Å². The van der Waals surface area contributed by atoms with E-state index in [1.54, 1.807) is 6.07 Å². The second kappa shape index (κ2) is 13.3. The van der Waals surface area contributed by atoms with Gasteiger partial charge in [0.2, 0.25) is 0 Å². The van der Waals surface area contributed by atoms with Crippen LogP contribution in [0.4, 0.5) is 0 Å². The van der Waals surface area contributed by atoms with Crippen molar-refractivity contribution in [3.63, 3.8) is 0 Å². The van der Waals surface area contributed by atoms with Crippen LogP contribution in [-0.4, -0.2) is 35.0 Å². The van der Waals surface area contributed by atoms with Gasteiger partial charge in [-0.3, -0.25) is 24.9 Å². The number of aromatic hydroxyl groups is 1. The van der Waals surface area contributed by atoms with E-state index in [-0.39, 0.29) is 26.8 Å². The molecule has 0 saturated heterocycles. The number of nitrogens with zero attached hydrogens (tertiary/aromatic N) is 6. The molecule has 8 aromatic rings. The van der Waals surface area contributed by atoms with Crippen molar-refractivity contribution in [2.24, 2.45) is 0 Å². The maximum Gasteiger partial charge on any atom is 0.124 e. The van der Waals surface area contributed by atoms with Gasteiger partial charge in [0, 0.05) is 50.1 Å². The predicted octanol–water partition coefficient (Wildman–Crippen LogP) is 8.59. The van der Waals surface area contributed by atoms with Crippen molar-refractivity contribution in [3.05, 3.63) is 187 Å². The summed E-state index contributed by atoms with van der Waals surface area (Å²) >= 11 is 0. The molecule has 0 unspecified atom stereocenters. The Balaban J connectivity index is 0.00000374. The third kappa shape index (κ3) is 5.43. The standard InChI is InChI=1S/C43H27N6O.Pt/c50-40-15-2-1-11-34(40)39-14-8-16-41(49-39)43(31-10-7-9-30(23-31)42-47-26-44-27-48-42)35-24-28(37-12-3-5-21-45-37)17-19-32(35)33-20-18-29(25-36(33)43)38-13-4-6-22-46-38;/h1-22,24-27,50H;/q-1;. The Morgan fingerprint density at radius 3 is 1.76 bits per heavy atom. The third-order valence-electron chi connectivity index (χ3n) is 9.31. The zero-order valence-corrected chi connectivity index (χ0v) is 29.2. The molecule has 4 heterocycles. The Kier molecular flexibility index (Phi) is 8.34. The number of aromatic nitrogens is 6. The van der Waals surface area contributed by atoms with Crippen molar-refractivity contribution >= 4 is 0 Å². The van der Waals surface area contributed by atoms with Crippen LogP contribution in [0.2, 0.25) is 0 Å². The van der Waals surface area contributed by atoms with Crippen LogP contribution in [0.1, 0.15) is 22.4 Å². The molecule has 9 rings (SSSR count). The van der Waals surface area contributed by atoms with E-state index in [2.05, 4.69) is 69.5 Å². The first-order valence-corrected chi connectivity index (χ1v) is 16.2. The molecule has 0 aliphatic heterocycles. The van der Waals surface area contributed by atoms with E-state index in [0.717, 1.165) is 61.6 Å². The molecule has 1 aliphatic carbocycles. The number of phenols is 1. The molecule has 4 aromatic heterocycles. The first-order chi connectivity index (χ1) is 24.7. The van der Waals surface area contributed by atoms with Crippen molar-refractivity contribution in [1.82, 2.24) is 29.9 Å². The Hall–Kier alpha value is -6.17. The number of hydrogen-bond donors (Lipinski definition) is 1. The van der Waals surface area contributed by atoms with E-state index in [4.69, 9.17) is 15.0 Å². The summed E-state index contributed by atoms with van der Waals surface area (Å²) in [6.45, 7) is 0. The fourth-order valence-corrected chi connectivity index (χ4v) is 7.09. The monoisotopic (exact) mass is 838 g/mol. The smallest absolute Gasteiger partial charge is 0.124 e. The van der Waals surface area contributed by atoms with Gasteiger partial charge in [-0.2, -0.15) is 0 Å². The topological polar surface area (TPSA) is 97.6 Å². The maximum atomic E-state index is 10.9. The molecule has 0 saturated carbocycles. The molecule has 0 spiro atoms. The van der Waals surface area contributed by atoms with Crippen molar-refractivity contribution < 1.29 is 26.2 Å². The minimum atomic E-state index is -0.955. The Morgan fingerprint density at radius 1 is 0.529 bits per heavy atom. The summed E-state index contributed by atoms with van der Waals surface area (Å²) in [5.74, 6) is 0.688. The van der Waals surface area contributed by atoms with Crippen molar-refractivity contribution in [2.45, 2.75) is 5.41 Å². The van der Waals surface area contributed by atoms with E-state index in [1.165, 1.54) is 12.7 Å². The molecule has 0 fully saturated rings. The molecular formula is C43H27N6OPt-. The molecule has 8 heteroatoms. The first kappa shape index (κ1) is 32.1. The van der Waals surface area contributed by atoms with E-state index < -0.39 is 5.41 Å². The van der Waals surface area contributed by atoms with Crippen LogP contribution >= 0.6 is 0 Å². The molecule has 0 amide bonds. The normalized spacial score (nSPS) is 12.4. The quantitative estimate of drug-likeness (QED) is 0.168. The number of rotatable bonds is 6. The average molecular weight is 839 g/mol. The molecule has 246 valence electrons. The van der Waals surface area contributed by atoms with Gasteiger partial charge in [0.15, 0.2) is 0 Å². The van der Waals surface area contributed by atoms with Crippen molar-refractivity contribution in [3.8, 4) is 62.0 Å². The fraction of sp³-hybridized carbons (Fsp3) is 0.0233. The van der Waals surface area contributed by atoms with E-state index in [9.17, 15) is 5.11 Å². The minimum absolute atomic E-state index is 0. The summed E-state index contributed by atoms with van der Waals surface area (Å²) in [5.41, 5.74) is 10.7. The molecular weight excluding hydrogens is 812 g/mol. The van der Waals surface area contributed by atoms with Gasteiger partial charge in [0.1, 0.15) is 18.4 Å². The number of pyridine rings is 3. The minimum Gasteiger partial charge on any atom is -0.507 e. The van der Waals surface area contributed by atoms with Gasteiger partial charge in [-0.15, -0.1) is 35.4 Å². The van der Waals surface area contributed by atoms with Crippen LogP contribution in [0.15, 0.2) is 159 Å². The summed E-state index contributed by atoms with van der Waals surface area (Å²) < 4.78 is 0. The molecule has 51 heavy (non-hydrogen) atoms. The molecule has 4 aromatic carbocycles. The van der Waals surface area contributed by atoms with Crippen molar-refractivity contribution in [1.29, 1.82) is 0 Å². The zero-order chi connectivity index (χ0) is 33.5. The Morgan fingerprint density at radius 2 is 1.14 bits per heavy atom. The van der Waals surface area contributed by atoms with Gasteiger partial charge in [0.25, 0.3) is 0 Å². The predicted molar refractivity (Wildman–Crippen MR) is 193 cm³/mol. The van der Waals surface area contributed by atoms with E-state index in [1.807, 2.05) is 91.3 Å². The van der Waals surface area contributed by atoms with E-state index in [0.29, 0.717) is 17.1 Å². The molecule has 0 bridgehead atoms. The summed E-state index contributed by atoms with van der Waals surface area (Å²) in [4.78, 5) is 27.8.